The SMILES string of the molecule is O=C(CCc1nc(-c2ccc(Cl)cc2)no1)NCc1cn(-c2ccccc2)nc1-c1ccccc1. The molecule has 2 heterocycles. The lowest BCUT2D eigenvalue weighted by molar-refractivity contribution is -0.121. The van der Waals surface area contributed by atoms with Crippen LogP contribution >= 0.6 is 11.6 Å². The van der Waals surface area contributed by atoms with Gasteiger partial charge in [0.1, 0.15) is 0 Å². The maximum Gasteiger partial charge on any atom is 0.227 e. The first kappa shape index (κ1) is 22.6. The number of hydrogen-bond acceptors (Lipinski definition) is 5. The highest BCUT2D eigenvalue weighted by Crippen LogP contribution is 2.24. The van der Waals surface area contributed by atoms with E-state index in [-0.39, 0.29) is 12.3 Å². The van der Waals surface area contributed by atoms with Gasteiger partial charge in [0.15, 0.2) is 0 Å². The summed E-state index contributed by atoms with van der Waals surface area (Å²) < 4.78 is 7.14. The van der Waals surface area contributed by atoms with Crippen molar-refractivity contribution in [2.24, 2.45) is 0 Å². The van der Waals surface area contributed by atoms with Gasteiger partial charge in [-0.25, -0.2) is 4.68 Å². The molecule has 0 unspecified atom stereocenters. The fourth-order valence-electron chi connectivity index (χ4n) is 3.67. The molecule has 0 aliphatic rings. The number of halogens is 1. The highest BCUT2D eigenvalue weighted by Gasteiger charge is 2.15. The van der Waals surface area contributed by atoms with Gasteiger partial charge in [0, 0.05) is 47.3 Å². The molecule has 3 aromatic carbocycles. The minimum Gasteiger partial charge on any atom is -0.352 e. The molecule has 0 atom stereocenters. The van der Waals surface area contributed by atoms with Crippen LogP contribution in [0, 0.1) is 0 Å². The average Bonchev–Trinajstić information content (AvgIpc) is 3.55. The zero-order chi connectivity index (χ0) is 24.0. The Morgan fingerprint density at radius 2 is 1.63 bits per heavy atom. The molecule has 8 heteroatoms. The molecule has 0 bridgehead atoms. The van der Waals surface area contributed by atoms with Crippen LogP contribution in [-0.2, 0) is 17.8 Å². The van der Waals surface area contributed by atoms with Crippen LogP contribution in [0.2, 0.25) is 5.02 Å². The summed E-state index contributed by atoms with van der Waals surface area (Å²) in [6.07, 6.45) is 2.53. The number of amides is 1. The molecule has 0 aliphatic heterocycles. The normalized spacial score (nSPS) is 10.9. The Labute approximate surface area is 207 Å². The molecule has 0 aliphatic carbocycles. The minimum atomic E-state index is -0.109. The quantitative estimate of drug-likeness (QED) is 0.315. The van der Waals surface area contributed by atoms with Crippen molar-refractivity contribution in [3.05, 3.63) is 108 Å². The van der Waals surface area contributed by atoms with Crippen molar-refractivity contribution in [2.75, 3.05) is 0 Å². The molecule has 0 spiro atoms. The number of rotatable bonds is 8. The number of aryl methyl sites for hydroxylation is 1. The molecule has 7 nitrogen and oxygen atoms in total. The van der Waals surface area contributed by atoms with E-state index in [9.17, 15) is 4.79 Å². The number of carbonyl (C=O) groups is 1. The summed E-state index contributed by atoms with van der Waals surface area (Å²) >= 11 is 5.93. The molecule has 0 saturated heterocycles. The number of nitrogens with zero attached hydrogens (tertiary/aromatic N) is 4. The maximum absolute atomic E-state index is 12.6. The van der Waals surface area contributed by atoms with Crippen molar-refractivity contribution in [1.29, 1.82) is 0 Å². The van der Waals surface area contributed by atoms with Gasteiger partial charge in [-0.15, -0.1) is 0 Å². The predicted octanol–water partition coefficient (Wildman–Crippen LogP) is 5.49. The van der Waals surface area contributed by atoms with Crippen molar-refractivity contribution in [2.45, 2.75) is 19.4 Å². The molecule has 0 saturated carbocycles. The first-order chi connectivity index (χ1) is 17.2. The van der Waals surface area contributed by atoms with Crippen LogP contribution in [0.3, 0.4) is 0 Å². The van der Waals surface area contributed by atoms with E-state index in [1.165, 1.54) is 0 Å². The minimum absolute atomic E-state index is 0.109. The van der Waals surface area contributed by atoms with E-state index in [0.29, 0.717) is 29.7 Å². The highest BCUT2D eigenvalue weighted by molar-refractivity contribution is 6.30. The number of hydrogen-bond donors (Lipinski definition) is 1. The van der Waals surface area contributed by atoms with Crippen molar-refractivity contribution in [3.63, 3.8) is 0 Å². The second-order valence-electron chi connectivity index (χ2n) is 7.94. The van der Waals surface area contributed by atoms with E-state index in [1.807, 2.05) is 83.7 Å². The third-order valence-electron chi connectivity index (χ3n) is 5.47. The summed E-state index contributed by atoms with van der Waals surface area (Å²) in [7, 11) is 0. The van der Waals surface area contributed by atoms with E-state index in [2.05, 4.69) is 15.5 Å². The lowest BCUT2D eigenvalue weighted by atomic mass is 10.1. The van der Waals surface area contributed by atoms with Gasteiger partial charge in [0.2, 0.25) is 17.6 Å². The number of para-hydroxylation sites is 1. The van der Waals surface area contributed by atoms with Gasteiger partial charge in [0.25, 0.3) is 0 Å². The van der Waals surface area contributed by atoms with Crippen LogP contribution in [0.1, 0.15) is 17.9 Å². The van der Waals surface area contributed by atoms with E-state index in [4.69, 9.17) is 21.2 Å². The second kappa shape index (κ2) is 10.4. The van der Waals surface area contributed by atoms with Gasteiger partial charge in [-0.2, -0.15) is 10.1 Å². The van der Waals surface area contributed by atoms with E-state index in [0.717, 1.165) is 28.1 Å². The average molecular weight is 484 g/mol. The molecular weight excluding hydrogens is 462 g/mol. The van der Waals surface area contributed by atoms with Gasteiger partial charge in [0.05, 0.1) is 11.4 Å². The molecule has 1 amide bonds. The fourth-order valence-corrected chi connectivity index (χ4v) is 3.79. The topological polar surface area (TPSA) is 85.8 Å². The van der Waals surface area contributed by atoms with Crippen LogP contribution in [-0.4, -0.2) is 25.8 Å². The van der Waals surface area contributed by atoms with Crippen molar-refractivity contribution in [3.8, 4) is 28.3 Å². The van der Waals surface area contributed by atoms with Gasteiger partial charge in [-0.1, -0.05) is 65.3 Å². The van der Waals surface area contributed by atoms with Crippen LogP contribution in [0.4, 0.5) is 0 Å². The fraction of sp³-hybridized carbons (Fsp3) is 0.111. The van der Waals surface area contributed by atoms with Gasteiger partial charge in [-0.3, -0.25) is 4.79 Å². The molecule has 5 rings (SSSR count). The van der Waals surface area contributed by atoms with Crippen molar-refractivity contribution >= 4 is 17.5 Å². The summed E-state index contributed by atoms with van der Waals surface area (Å²) in [5.41, 5.74) is 4.51. The monoisotopic (exact) mass is 483 g/mol. The number of nitrogens with one attached hydrogen (secondary N) is 1. The molecular formula is C27H22ClN5O2. The van der Waals surface area contributed by atoms with Crippen LogP contribution < -0.4 is 5.32 Å². The van der Waals surface area contributed by atoms with E-state index >= 15 is 0 Å². The number of carbonyl (C=O) groups excluding carboxylic acids is 1. The Morgan fingerprint density at radius 3 is 2.37 bits per heavy atom. The highest BCUT2D eigenvalue weighted by atomic mass is 35.5. The molecule has 174 valence electrons. The van der Waals surface area contributed by atoms with Gasteiger partial charge < -0.3 is 9.84 Å². The maximum atomic E-state index is 12.6. The summed E-state index contributed by atoms with van der Waals surface area (Å²) in [6, 6.07) is 27.0. The molecule has 0 fully saturated rings. The Kier molecular flexibility index (Phi) is 6.68. The largest absolute Gasteiger partial charge is 0.352 e. The molecule has 0 radical (unpaired) electrons. The first-order valence-electron chi connectivity index (χ1n) is 11.2. The first-order valence-corrected chi connectivity index (χ1v) is 11.6. The summed E-state index contributed by atoms with van der Waals surface area (Å²) in [5, 5.41) is 12.4. The summed E-state index contributed by atoms with van der Waals surface area (Å²) in [4.78, 5) is 17.0. The standard InChI is InChI=1S/C27H22ClN5O2/c28-22-13-11-20(12-14-22)27-30-25(35-32-27)16-15-24(34)29-17-21-18-33(23-9-5-2-6-10-23)31-26(21)19-7-3-1-4-8-19/h1-14,18H,15-17H2,(H,29,34). The van der Waals surface area contributed by atoms with Gasteiger partial charge in [-0.05, 0) is 36.4 Å². The van der Waals surface area contributed by atoms with Crippen LogP contribution in [0.25, 0.3) is 28.3 Å². The Bertz CT molecular complexity index is 1410. The van der Waals surface area contributed by atoms with E-state index in [1.54, 1.807) is 12.1 Å². The summed E-state index contributed by atoms with van der Waals surface area (Å²) in [5.74, 6) is 0.771. The summed E-state index contributed by atoms with van der Waals surface area (Å²) in [6.45, 7) is 0.357. The number of benzene rings is 3. The zero-order valence-corrected chi connectivity index (χ0v) is 19.5. The molecule has 5 aromatic rings. The van der Waals surface area contributed by atoms with Gasteiger partial charge >= 0.3 is 0 Å². The predicted molar refractivity (Wildman–Crippen MR) is 134 cm³/mol. The molecule has 1 N–H and O–H groups in total. The zero-order valence-electron chi connectivity index (χ0n) is 18.8. The third-order valence-corrected chi connectivity index (χ3v) is 5.72. The van der Waals surface area contributed by atoms with Crippen LogP contribution in [0.5, 0.6) is 0 Å². The number of aromatic nitrogens is 4. The lowest BCUT2D eigenvalue weighted by Crippen LogP contribution is -2.23. The van der Waals surface area contributed by atoms with E-state index < -0.39 is 0 Å². The van der Waals surface area contributed by atoms with Crippen molar-refractivity contribution in [1.82, 2.24) is 25.2 Å². The lowest BCUT2D eigenvalue weighted by Gasteiger charge is -2.05. The third kappa shape index (κ3) is 5.47. The molecule has 2 aromatic heterocycles. The Hall–Kier alpha value is -4.23. The Morgan fingerprint density at radius 1 is 0.914 bits per heavy atom. The second-order valence-corrected chi connectivity index (χ2v) is 8.38. The molecule has 35 heavy (non-hydrogen) atoms. The Balaban J connectivity index is 1.24. The van der Waals surface area contributed by atoms with Crippen molar-refractivity contribution < 1.29 is 9.32 Å². The smallest absolute Gasteiger partial charge is 0.227 e. The van der Waals surface area contributed by atoms with Crippen LogP contribution in [0.15, 0.2) is 95.6 Å².